The van der Waals surface area contributed by atoms with Crippen LogP contribution in [0, 0.1) is 13.8 Å². The summed E-state index contributed by atoms with van der Waals surface area (Å²) in [5.74, 6) is 0.685. The Hall–Kier alpha value is -1.58. The molecule has 0 aliphatic carbocycles. The first kappa shape index (κ1) is 7.09. The summed E-state index contributed by atoms with van der Waals surface area (Å²) in [4.78, 5) is 15.4. The molecule has 0 atom stereocenters. The Bertz CT molecular complexity index is 481. The molecule has 0 fully saturated rings. The number of hydrogen-bond acceptors (Lipinski definition) is 3. The molecule has 12 heavy (non-hydrogen) atoms. The zero-order chi connectivity index (χ0) is 8.72. The van der Waals surface area contributed by atoms with Crippen molar-refractivity contribution >= 4 is 5.65 Å². The first-order valence-electron chi connectivity index (χ1n) is 3.64. The lowest BCUT2D eigenvalue weighted by atomic mass is 10.4. The highest BCUT2D eigenvalue weighted by atomic mass is 16.5. The van der Waals surface area contributed by atoms with E-state index in [0.29, 0.717) is 17.1 Å². The van der Waals surface area contributed by atoms with E-state index < -0.39 is 0 Å². The molecule has 0 saturated heterocycles. The molecule has 0 radical (unpaired) electrons. The van der Waals surface area contributed by atoms with E-state index in [2.05, 4.69) is 4.98 Å². The van der Waals surface area contributed by atoms with Gasteiger partial charge in [-0.05, 0) is 13.8 Å². The van der Waals surface area contributed by atoms with Crippen LogP contribution in [0.25, 0.3) is 5.65 Å². The summed E-state index contributed by atoms with van der Waals surface area (Å²) >= 11 is 0. The molecule has 0 aliphatic rings. The molecular weight excluding hydrogens is 156 g/mol. The summed E-state index contributed by atoms with van der Waals surface area (Å²) in [5, 5.41) is 0. The number of nitrogens with zero attached hydrogens (tertiary/aromatic N) is 2. The van der Waals surface area contributed by atoms with E-state index in [4.69, 9.17) is 4.52 Å². The summed E-state index contributed by atoms with van der Waals surface area (Å²) < 4.78 is 6.28. The number of fused-ring (bicyclic) bond motifs is 1. The summed E-state index contributed by atoms with van der Waals surface area (Å²) in [5.41, 5.74) is 1.10. The standard InChI is InChI=1S/C8H8N2O2/c1-5-3-8(11)10-7(9-5)4-6(2)12-10/h3-4H,1-2H3. The minimum absolute atomic E-state index is 0.175. The summed E-state index contributed by atoms with van der Waals surface area (Å²) in [6.07, 6.45) is 0. The van der Waals surface area contributed by atoms with Gasteiger partial charge in [-0.15, -0.1) is 4.57 Å². The number of hydrogen-bond donors (Lipinski definition) is 0. The third-order valence-electron chi connectivity index (χ3n) is 1.60. The SMILES string of the molecule is Cc1cc(=O)n2oc(C)cc2n1. The molecule has 0 N–H and O–H groups in total. The second kappa shape index (κ2) is 2.20. The molecular formula is C8H8N2O2. The Balaban J connectivity index is 2.98. The van der Waals surface area contributed by atoms with Crippen molar-refractivity contribution in [3.63, 3.8) is 0 Å². The minimum Gasteiger partial charge on any atom is -0.375 e. The van der Waals surface area contributed by atoms with Crippen LogP contribution in [-0.2, 0) is 0 Å². The summed E-state index contributed by atoms with van der Waals surface area (Å²) in [6.45, 7) is 3.56. The monoisotopic (exact) mass is 164 g/mol. The van der Waals surface area contributed by atoms with E-state index in [1.165, 1.54) is 10.6 Å². The third-order valence-corrected chi connectivity index (χ3v) is 1.60. The predicted octanol–water partition coefficient (Wildman–Crippen LogP) is 0.904. The summed E-state index contributed by atoms with van der Waals surface area (Å²) in [7, 11) is 0. The molecule has 2 heterocycles. The van der Waals surface area contributed by atoms with Crippen LogP contribution in [-0.4, -0.2) is 9.56 Å². The van der Waals surface area contributed by atoms with Crippen molar-refractivity contribution < 1.29 is 4.52 Å². The minimum atomic E-state index is -0.175. The Kier molecular flexibility index (Phi) is 1.30. The van der Waals surface area contributed by atoms with Gasteiger partial charge in [-0.2, -0.15) is 0 Å². The number of aryl methyl sites for hydroxylation is 2. The molecule has 2 aromatic heterocycles. The molecule has 0 unspecified atom stereocenters. The third kappa shape index (κ3) is 0.922. The fourth-order valence-corrected chi connectivity index (χ4v) is 1.14. The highest BCUT2D eigenvalue weighted by Gasteiger charge is 2.02. The fourth-order valence-electron chi connectivity index (χ4n) is 1.14. The van der Waals surface area contributed by atoms with E-state index in [0.717, 1.165) is 0 Å². The van der Waals surface area contributed by atoms with Gasteiger partial charge in [0, 0.05) is 17.8 Å². The molecule has 0 aromatic carbocycles. The first-order valence-corrected chi connectivity index (χ1v) is 3.64. The van der Waals surface area contributed by atoms with Gasteiger partial charge in [0.05, 0.1) is 0 Å². The van der Waals surface area contributed by atoms with E-state index >= 15 is 0 Å². The molecule has 2 aromatic rings. The summed E-state index contributed by atoms with van der Waals surface area (Å²) in [6, 6.07) is 3.17. The highest BCUT2D eigenvalue weighted by Crippen LogP contribution is 2.03. The van der Waals surface area contributed by atoms with Crippen molar-refractivity contribution in [3.05, 3.63) is 33.9 Å². The average Bonchev–Trinajstić information content (AvgIpc) is 2.29. The topological polar surface area (TPSA) is 47.5 Å². The van der Waals surface area contributed by atoms with Gasteiger partial charge >= 0.3 is 0 Å². The van der Waals surface area contributed by atoms with Gasteiger partial charge in [-0.1, -0.05) is 0 Å². The van der Waals surface area contributed by atoms with Crippen LogP contribution < -0.4 is 5.56 Å². The van der Waals surface area contributed by atoms with E-state index in [1.54, 1.807) is 19.9 Å². The van der Waals surface area contributed by atoms with Crippen LogP contribution >= 0.6 is 0 Å². The van der Waals surface area contributed by atoms with Crippen LogP contribution in [0.4, 0.5) is 0 Å². The van der Waals surface area contributed by atoms with E-state index in [9.17, 15) is 4.79 Å². The van der Waals surface area contributed by atoms with Gasteiger partial charge in [-0.3, -0.25) is 4.79 Å². The average molecular weight is 164 g/mol. The fraction of sp³-hybridized carbons (Fsp3) is 0.250. The number of aromatic nitrogens is 2. The van der Waals surface area contributed by atoms with Crippen molar-refractivity contribution in [2.24, 2.45) is 0 Å². The van der Waals surface area contributed by atoms with E-state index in [1.807, 2.05) is 0 Å². The molecule has 62 valence electrons. The first-order chi connectivity index (χ1) is 5.66. The maximum atomic E-state index is 11.2. The van der Waals surface area contributed by atoms with Crippen LogP contribution in [0.1, 0.15) is 11.5 Å². The molecule has 0 spiro atoms. The molecule has 0 amide bonds. The lowest BCUT2D eigenvalue weighted by Crippen LogP contribution is -2.11. The van der Waals surface area contributed by atoms with Crippen molar-refractivity contribution in [2.45, 2.75) is 13.8 Å². The Morgan fingerprint density at radius 3 is 2.92 bits per heavy atom. The maximum absolute atomic E-state index is 11.2. The number of rotatable bonds is 0. The predicted molar refractivity (Wildman–Crippen MR) is 43.2 cm³/mol. The second-order valence-electron chi connectivity index (χ2n) is 2.73. The van der Waals surface area contributed by atoms with Gasteiger partial charge < -0.3 is 4.52 Å². The van der Waals surface area contributed by atoms with Crippen LogP contribution in [0.5, 0.6) is 0 Å². The molecule has 0 aliphatic heterocycles. The van der Waals surface area contributed by atoms with Crippen molar-refractivity contribution in [2.75, 3.05) is 0 Å². The Morgan fingerprint density at radius 2 is 2.17 bits per heavy atom. The zero-order valence-electron chi connectivity index (χ0n) is 6.87. The van der Waals surface area contributed by atoms with Crippen molar-refractivity contribution in [3.8, 4) is 0 Å². The smallest absolute Gasteiger partial charge is 0.287 e. The van der Waals surface area contributed by atoms with Crippen LogP contribution in [0.15, 0.2) is 21.5 Å². The van der Waals surface area contributed by atoms with Gasteiger partial charge in [0.1, 0.15) is 5.76 Å². The normalized spacial score (nSPS) is 10.8. The largest absolute Gasteiger partial charge is 0.375 e. The molecule has 4 nitrogen and oxygen atoms in total. The zero-order valence-corrected chi connectivity index (χ0v) is 6.87. The lowest BCUT2D eigenvalue weighted by Gasteiger charge is -1.90. The molecule has 4 heteroatoms. The highest BCUT2D eigenvalue weighted by molar-refractivity contribution is 5.37. The Labute approximate surface area is 68.4 Å². The second-order valence-corrected chi connectivity index (χ2v) is 2.73. The van der Waals surface area contributed by atoms with Crippen LogP contribution in [0.2, 0.25) is 0 Å². The Morgan fingerprint density at radius 1 is 1.42 bits per heavy atom. The lowest BCUT2D eigenvalue weighted by molar-refractivity contribution is 0.344. The van der Waals surface area contributed by atoms with Crippen molar-refractivity contribution in [1.82, 2.24) is 9.56 Å². The quantitative estimate of drug-likeness (QED) is 0.581. The van der Waals surface area contributed by atoms with Gasteiger partial charge in [0.2, 0.25) is 0 Å². The van der Waals surface area contributed by atoms with Gasteiger partial charge in [-0.25, -0.2) is 4.98 Å². The van der Waals surface area contributed by atoms with Gasteiger partial charge in [0.25, 0.3) is 5.56 Å². The van der Waals surface area contributed by atoms with Crippen molar-refractivity contribution in [1.29, 1.82) is 0 Å². The molecule has 0 saturated carbocycles. The van der Waals surface area contributed by atoms with Gasteiger partial charge in [0.15, 0.2) is 5.65 Å². The molecule has 2 rings (SSSR count). The molecule has 0 bridgehead atoms. The maximum Gasteiger partial charge on any atom is 0.287 e. The van der Waals surface area contributed by atoms with Crippen LogP contribution in [0.3, 0.4) is 0 Å². The van der Waals surface area contributed by atoms with E-state index in [-0.39, 0.29) is 5.56 Å².